The minimum Gasteiger partial charge on any atom is -0.480 e. The molecule has 0 saturated heterocycles. The summed E-state index contributed by atoms with van der Waals surface area (Å²) in [5, 5.41) is 2.13. The number of benzene rings is 1. The molecule has 5 rings (SSSR count). The van der Waals surface area contributed by atoms with Crippen LogP contribution in [0.4, 0.5) is 5.82 Å². The van der Waals surface area contributed by atoms with Gasteiger partial charge in [-0.05, 0) is 67.9 Å². The van der Waals surface area contributed by atoms with E-state index in [1.165, 1.54) is 31.2 Å². The van der Waals surface area contributed by atoms with Crippen molar-refractivity contribution in [2.24, 2.45) is 5.92 Å². The minimum atomic E-state index is 0.496. The molecule has 3 aromatic heterocycles. The van der Waals surface area contributed by atoms with Crippen LogP contribution in [0, 0.1) is 5.92 Å². The third-order valence-corrected chi connectivity index (χ3v) is 6.19. The zero-order valence-corrected chi connectivity index (χ0v) is 18.6. The van der Waals surface area contributed by atoms with Gasteiger partial charge in [0.1, 0.15) is 17.8 Å². The Morgan fingerprint density at radius 1 is 1.10 bits per heavy atom. The van der Waals surface area contributed by atoms with Crippen molar-refractivity contribution in [1.29, 1.82) is 0 Å². The maximum Gasteiger partial charge on any atom is 0.225 e. The van der Waals surface area contributed by atoms with Crippen molar-refractivity contribution in [3.63, 3.8) is 0 Å². The molecule has 1 aliphatic carbocycles. The Morgan fingerprint density at radius 3 is 2.77 bits per heavy atom. The molecule has 0 radical (unpaired) electrons. The van der Waals surface area contributed by atoms with E-state index in [2.05, 4.69) is 50.0 Å². The lowest BCUT2D eigenvalue weighted by atomic mass is 9.97. The summed E-state index contributed by atoms with van der Waals surface area (Å²) in [6.45, 7) is 4.00. The molecule has 0 amide bonds. The number of nitrogens with two attached hydrogens (primary N) is 1. The average molecular weight is 418 g/mol. The van der Waals surface area contributed by atoms with E-state index in [4.69, 9.17) is 10.5 Å². The van der Waals surface area contributed by atoms with Gasteiger partial charge < -0.3 is 15.0 Å². The van der Waals surface area contributed by atoms with Gasteiger partial charge in [-0.25, -0.2) is 15.0 Å². The molecule has 6 heteroatoms. The van der Waals surface area contributed by atoms with Crippen molar-refractivity contribution in [1.82, 2.24) is 19.5 Å². The van der Waals surface area contributed by atoms with Crippen molar-refractivity contribution in [3.8, 4) is 5.88 Å². The SMILES string of the molecule is CC.COc1ncnc2c1ccn2C1CCC(CCc2ccc3ccc(N)nc3c2)C1. The van der Waals surface area contributed by atoms with E-state index in [0.29, 0.717) is 17.7 Å². The maximum atomic E-state index is 5.84. The van der Waals surface area contributed by atoms with Crippen LogP contribution in [0.2, 0.25) is 0 Å². The molecule has 0 aliphatic heterocycles. The van der Waals surface area contributed by atoms with Gasteiger partial charge in [0.05, 0.1) is 18.0 Å². The summed E-state index contributed by atoms with van der Waals surface area (Å²) in [4.78, 5) is 13.2. The Hall–Kier alpha value is -3.15. The van der Waals surface area contributed by atoms with Crippen LogP contribution in [0.1, 0.15) is 51.1 Å². The van der Waals surface area contributed by atoms with Gasteiger partial charge in [0.25, 0.3) is 0 Å². The van der Waals surface area contributed by atoms with Gasteiger partial charge in [-0.15, -0.1) is 0 Å². The molecule has 2 N–H and O–H groups in total. The molecule has 1 fully saturated rings. The molecule has 3 heterocycles. The molecule has 31 heavy (non-hydrogen) atoms. The topological polar surface area (TPSA) is 78.9 Å². The highest BCUT2D eigenvalue weighted by molar-refractivity contribution is 5.81. The molecular weight excluding hydrogens is 386 g/mol. The molecule has 1 aliphatic rings. The summed E-state index contributed by atoms with van der Waals surface area (Å²) >= 11 is 0. The average Bonchev–Trinajstić information content (AvgIpc) is 3.45. The number of ether oxygens (including phenoxy) is 1. The van der Waals surface area contributed by atoms with Gasteiger partial charge in [-0.3, -0.25) is 0 Å². The van der Waals surface area contributed by atoms with Crippen LogP contribution in [-0.4, -0.2) is 26.6 Å². The zero-order valence-electron chi connectivity index (χ0n) is 18.6. The summed E-state index contributed by atoms with van der Waals surface area (Å²) in [7, 11) is 1.65. The first-order valence-electron chi connectivity index (χ1n) is 11.2. The second kappa shape index (κ2) is 9.33. The number of anilines is 1. The Kier molecular flexibility index (Phi) is 6.35. The first-order chi connectivity index (χ1) is 15.2. The van der Waals surface area contributed by atoms with Gasteiger partial charge in [-0.2, -0.15) is 0 Å². The number of rotatable bonds is 5. The Balaban J connectivity index is 0.00000112. The molecule has 162 valence electrons. The van der Waals surface area contributed by atoms with E-state index in [1.54, 1.807) is 13.4 Å². The quantitative estimate of drug-likeness (QED) is 0.459. The molecule has 4 aromatic rings. The third-order valence-electron chi connectivity index (χ3n) is 6.19. The van der Waals surface area contributed by atoms with Gasteiger partial charge in [0, 0.05) is 17.6 Å². The molecule has 2 unspecified atom stereocenters. The smallest absolute Gasteiger partial charge is 0.225 e. The standard InChI is InChI=1S/C23H25N5O.C2H6/c1-29-23-19-10-11-28(22(19)25-14-26-23)18-8-5-15(12-18)2-3-16-4-6-17-7-9-21(24)27-20(17)13-16;1-2/h4,6-7,9-11,13-15,18H,2-3,5,8,12H2,1H3,(H2,24,27);1-2H3. The number of pyridine rings is 1. The second-order valence-electron chi connectivity index (χ2n) is 7.98. The fraction of sp³-hybridized carbons (Fsp3) is 0.400. The van der Waals surface area contributed by atoms with Crippen LogP contribution in [0.25, 0.3) is 21.9 Å². The first kappa shape index (κ1) is 21.1. The highest BCUT2D eigenvalue weighted by Crippen LogP contribution is 2.39. The number of methoxy groups -OCH3 is 1. The van der Waals surface area contributed by atoms with Crippen molar-refractivity contribution < 1.29 is 4.74 Å². The van der Waals surface area contributed by atoms with Crippen LogP contribution in [-0.2, 0) is 6.42 Å². The fourth-order valence-electron chi connectivity index (χ4n) is 4.67. The molecule has 6 nitrogen and oxygen atoms in total. The van der Waals surface area contributed by atoms with Gasteiger partial charge in [0.15, 0.2) is 0 Å². The van der Waals surface area contributed by atoms with Crippen molar-refractivity contribution in [2.75, 3.05) is 12.8 Å². The van der Waals surface area contributed by atoms with E-state index in [1.807, 2.05) is 26.0 Å². The lowest BCUT2D eigenvalue weighted by Gasteiger charge is -2.14. The zero-order chi connectivity index (χ0) is 21.8. The summed E-state index contributed by atoms with van der Waals surface area (Å²) in [6.07, 6.45) is 9.63. The minimum absolute atomic E-state index is 0.496. The second-order valence-corrected chi connectivity index (χ2v) is 7.98. The van der Waals surface area contributed by atoms with E-state index in [-0.39, 0.29) is 0 Å². The Bertz CT molecular complexity index is 1170. The molecule has 0 bridgehead atoms. The van der Waals surface area contributed by atoms with Crippen LogP contribution in [0.5, 0.6) is 5.88 Å². The van der Waals surface area contributed by atoms with Crippen molar-refractivity contribution >= 4 is 27.8 Å². The number of fused-ring (bicyclic) bond motifs is 2. The molecule has 0 spiro atoms. The molecular formula is C25H31N5O. The maximum absolute atomic E-state index is 5.84. The monoisotopic (exact) mass is 417 g/mol. The first-order valence-corrected chi connectivity index (χ1v) is 11.2. The summed E-state index contributed by atoms with van der Waals surface area (Å²) in [5.74, 6) is 1.95. The van der Waals surface area contributed by atoms with Crippen LogP contribution < -0.4 is 10.5 Å². The number of hydrogen-bond donors (Lipinski definition) is 1. The lowest BCUT2D eigenvalue weighted by molar-refractivity contribution is 0.402. The van der Waals surface area contributed by atoms with Crippen LogP contribution in [0.3, 0.4) is 0 Å². The Labute approximate surface area is 183 Å². The molecule has 2 atom stereocenters. The largest absolute Gasteiger partial charge is 0.480 e. The summed E-state index contributed by atoms with van der Waals surface area (Å²) < 4.78 is 7.68. The van der Waals surface area contributed by atoms with Gasteiger partial charge in [0.2, 0.25) is 5.88 Å². The highest BCUT2D eigenvalue weighted by Gasteiger charge is 2.27. The van der Waals surface area contributed by atoms with Gasteiger partial charge in [-0.1, -0.05) is 26.0 Å². The van der Waals surface area contributed by atoms with Crippen molar-refractivity contribution in [2.45, 2.75) is 52.0 Å². The van der Waals surface area contributed by atoms with E-state index in [9.17, 15) is 0 Å². The summed E-state index contributed by atoms with van der Waals surface area (Å²) in [5.41, 5.74) is 9.13. The normalized spacial score (nSPS) is 18.2. The number of aryl methyl sites for hydroxylation is 1. The van der Waals surface area contributed by atoms with E-state index in [0.717, 1.165) is 34.3 Å². The van der Waals surface area contributed by atoms with Gasteiger partial charge >= 0.3 is 0 Å². The highest BCUT2D eigenvalue weighted by atomic mass is 16.5. The molecule has 1 aromatic carbocycles. The number of aromatic nitrogens is 4. The van der Waals surface area contributed by atoms with Crippen LogP contribution in [0.15, 0.2) is 48.9 Å². The number of nitrogens with zero attached hydrogens (tertiary/aromatic N) is 4. The van der Waals surface area contributed by atoms with Crippen LogP contribution >= 0.6 is 0 Å². The third kappa shape index (κ3) is 4.33. The Morgan fingerprint density at radius 2 is 1.94 bits per heavy atom. The number of nitrogen functional groups attached to an aromatic ring is 1. The van der Waals surface area contributed by atoms with Crippen molar-refractivity contribution in [3.05, 3.63) is 54.5 Å². The lowest BCUT2D eigenvalue weighted by Crippen LogP contribution is -2.06. The summed E-state index contributed by atoms with van der Waals surface area (Å²) in [6, 6.07) is 13.0. The fourth-order valence-corrected chi connectivity index (χ4v) is 4.67. The number of hydrogen-bond acceptors (Lipinski definition) is 5. The predicted molar refractivity (Wildman–Crippen MR) is 126 cm³/mol. The predicted octanol–water partition coefficient (Wildman–Crippen LogP) is 5.57. The van der Waals surface area contributed by atoms with E-state index >= 15 is 0 Å². The molecule has 1 saturated carbocycles. The van der Waals surface area contributed by atoms with E-state index < -0.39 is 0 Å².